The molecule has 5 aliphatic rings. The highest BCUT2D eigenvalue weighted by Crippen LogP contribution is 2.40. The number of methoxy groups -OCH3 is 2. The molecular formula is C75H80N10O16S2. The largest absolute Gasteiger partial charge is 0.465 e. The molecule has 0 radical (unpaired) electrons. The lowest BCUT2D eigenvalue weighted by molar-refractivity contribution is -0.201. The van der Waals surface area contributed by atoms with Crippen molar-refractivity contribution in [3.63, 3.8) is 0 Å². The molecule has 538 valence electrons. The molecule has 13 rings (SSSR count). The molecule has 3 fully saturated rings. The number of nitrogens with zero attached hydrogens (tertiary/aromatic N) is 6. The molecule has 0 aliphatic carbocycles. The van der Waals surface area contributed by atoms with E-state index in [9.17, 15) is 43.2 Å². The van der Waals surface area contributed by atoms with Crippen LogP contribution in [0.4, 0.5) is 38.9 Å². The number of hydrogen-bond donors (Lipinski definition) is 4. The Hall–Kier alpha value is -10.4. The highest BCUT2D eigenvalue weighted by atomic mass is 32.1. The zero-order valence-corrected chi connectivity index (χ0v) is 59.9. The summed E-state index contributed by atoms with van der Waals surface area (Å²) in [4.78, 5) is 128. The lowest BCUT2D eigenvalue weighted by Crippen LogP contribution is -2.59. The van der Waals surface area contributed by atoms with Crippen molar-refractivity contribution in [3.05, 3.63) is 165 Å². The van der Waals surface area contributed by atoms with Gasteiger partial charge in [0.15, 0.2) is 12.5 Å². The van der Waals surface area contributed by atoms with E-state index < -0.39 is 54.5 Å². The summed E-state index contributed by atoms with van der Waals surface area (Å²) in [7, 11) is 6.08. The van der Waals surface area contributed by atoms with E-state index in [4.69, 9.17) is 33.2 Å². The van der Waals surface area contributed by atoms with E-state index in [2.05, 4.69) is 32.8 Å². The summed E-state index contributed by atoms with van der Waals surface area (Å²) in [5.41, 5.74) is 8.63. The van der Waals surface area contributed by atoms with E-state index in [1.807, 2.05) is 69.1 Å². The topological polar surface area (TPSA) is 298 Å². The average molecular weight is 1440 g/mol. The Bertz CT molecular complexity index is 4700. The Balaban J connectivity index is 0.000000200. The van der Waals surface area contributed by atoms with Crippen molar-refractivity contribution >= 4 is 137 Å². The second kappa shape index (κ2) is 31.5. The van der Waals surface area contributed by atoms with Crippen LogP contribution < -0.4 is 26.2 Å². The van der Waals surface area contributed by atoms with Crippen molar-refractivity contribution in [3.8, 4) is 0 Å². The van der Waals surface area contributed by atoms with Crippen LogP contribution in [0.1, 0.15) is 128 Å². The van der Waals surface area contributed by atoms with Crippen LogP contribution in [-0.4, -0.2) is 169 Å². The molecule has 26 nitrogen and oxygen atoms in total. The van der Waals surface area contributed by atoms with Crippen LogP contribution in [0.3, 0.4) is 0 Å². The van der Waals surface area contributed by atoms with Gasteiger partial charge in [-0.3, -0.25) is 33.8 Å². The summed E-state index contributed by atoms with van der Waals surface area (Å²) in [5.74, 6) is -2.62. The summed E-state index contributed by atoms with van der Waals surface area (Å²) in [6.45, 7) is 12.3. The minimum absolute atomic E-state index is 0.0320. The van der Waals surface area contributed by atoms with Gasteiger partial charge in [0.2, 0.25) is 11.8 Å². The second-order valence-corrected chi connectivity index (χ2v) is 28.1. The number of hydrogen-bond acceptors (Lipinski definition) is 19. The van der Waals surface area contributed by atoms with Crippen LogP contribution in [0.15, 0.2) is 115 Å². The fourth-order valence-corrected chi connectivity index (χ4v) is 15.2. The molecule has 103 heavy (non-hydrogen) atoms. The van der Waals surface area contributed by atoms with Gasteiger partial charge in [0.25, 0.3) is 23.6 Å². The molecule has 7 amide bonds. The van der Waals surface area contributed by atoms with Crippen molar-refractivity contribution in [1.82, 2.24) is 18.9 Å². The standard InChI is InChI=1S/C42H47N5O10S.C33H33N5O6S/c1-6-14-55-42(52)47-31-17-25(3)24(2)16-30(31)39(50)46-13-12-29(21-33(46)40(47)57-37-9-7-8-15-54-37)56-23-36(48)43-28-20-32(45(4)22-28)38(49)44-27-10-11-34-26(18-27)19-35(58-34)41(51)53-5;1-18-9-25-26(10-19(18)2)34-15-23-14-24(7-8-38(23)32(25)41)44-17-30(39)35-22-13-27(37(3)16-22)31(40)36-21-5-6-28-20(11-21)12-29(45-28)33(42)43-4/h6,10-11,16-20,22,29,33,37,40H,1,7-9,12-15,21,23H2,2-5H3,(H,43,48)(H,44,49);5-6,9-13,15-16,23-24H,7-8,14,17H2,1-4H3,(H,35,39)(H,36,40)/t29-,33+,37?,40?;23-,24+/m10/s1. The Morgan fingerprint density at radius 1 is 0.621 bits per heavy atom. The van der Waals surface area contributed by atoms with Crippen LogP contribution in [-0.2, 0) is 56.8 Å². The minimum atomic E-state index is -0.980. The maximum absolute atomic E-state index is 14.3. The van der Waals surface area contributed by atoms with Crippen molar-refractivity contribution in [2.45, 2.75) is 109 Å². The molecule has 0 saturated carbocycles. The van der Waals surface area contributed by atoms with E-state index in [1.54, 1.807) is 95.1 Å². The number of nitrogens with one attached hydrogen (secondary N) is 4. The van der Waals surface area contributed by atoms with E-state index in [1.165, 1.54) is 47.9 Å². The monoisotopic (exact) mass is 1440 g/mol. The number of aryl methyl sites for hydroxylation is 6. The van der Waals surface area contributed by atoms with Gasteiger partial charge in [-0.1, -0.05) is 12.7 Å². The number of carbonyl (C=O) groups excluding carboxylic acids is 9. The van der Waals surface area contributed by atoms with Crippen molar-refractivity contribution < 1.29 is 76.3 Å². The molecule has 0 spiro atoms. The fourth-order valence-electron chi connectivity index (χ4n) is 13.2. The Morgan fingerprint density at radius 3 is 1.71 bits per heavy atom. The number of fused-ring (bicyclic) bond motifs is 6. The Morgan fingerprint density at radius 2 is 1.16 bits per heavy atom. The van der Waals surface area contributed by atoms with Crippen LogP contribution in [0.5, 0.6) is 0 Å². The maximum Gasteiger partial charge on any atom is 0.416 e. The zero-order chi connectivity index (χ0) is 72.9. The third-order valence-corrected chi connectivity index (χ3v) is 21.0. The van der Waals surface area contributed by atoms with Gasteiger partial charge in [0.05, 0.1) is 72.4 Å². The minimum Gasteiger partial charge on any atom is -0.465 e. The van der Waals surface area contributed by atoms with E-state index >= 15 is 0 Å². The van der Waals surface area contributed by atoms with Crippen LogP contribution in [0, 0.1) is 27.7 Å². The third kappa shape index (κ3) is 16.3. The van der Waals surface area contributed by atoms with Gasteiger partial charge in [-0.15, -0.1) is 22.7 Å². The molecule has 5 aliphatic heterocycles. The number of rotatable bonds is 18. The molecular weight excluding hydrogens is 1360 g/mol. The molecule has 28 heteroatoms. The lowest BCUT2D eigenvalue weighted by Gasteiger charge is -2.44. The molecule has 2 unspecified atom stereocenters. The van der Waals surface area contributed by atoms with Crippen molar-refractivity contribution in [2.24, 2.45) is 19.1 Å². The first-order chi connectivity index (χ1) is 49.5. The van der Waals surface area contributed by atoms with Gasteiger partial charge in [-0.25, -0.2) is 19.3 Å². The number of aliphatic imine (C=N–C) groups is 1. The van der Waals surface area contributed by atoms with Gasteiger partial charge >= 0.3 is 18.0 Å². The van der Waals surface area contributed by atoms with Gasteiger partial charge < -0.3 is 73.4 Å². The summed E-state index contributed by atoms with van der Waals surface area (Å²) in [5, 5.41) is 13.0. The maximum atomic E-state index is 14.3. The summed E-state index contributed by atoms with van der Waals surface area (Å²) >= 11 is 2.62. The molecule has 0 bridgehead atoms. The summed E-state index contributed by atoms with van der Waals surface area (Å²) in [6, 6.07) is 24.0. The first-order valence-corrected chi connectivity index (χ1v) is 35.4. The quantitative estimate of drug-likeness (QED) is 0.0353. The van der Waals surface area contributed by atoms with Crippen molar-refractivity contribution in [1.29, 1.82) is 0 Å². The van der Waals surface area contributed by atoms with E-state index in [-0.39, 0.29) is 62.0 Å². The predicted octanol–water partition coefficient (Wildman–Crippen LogP) is 11.8. The third-order valence-electron chi connectivity index (χ3n) is 18.8. The van der Waals surface area contributed by atoms with Crippen molar-refractivity contribution in [2.75, 3.05) is 79.9 Å². The number of aromatic nitrogens is 2. The molecule has 6 atom stereocenters. The second-order valence-electron chi connectivity index (χ2n) is 26.0. The Kier molecular flexibility index (Phi) is 22.1. The SMILES string of the molecule is C=CCOC(=O)N1c2cc(C)c(C)cc2C(=O)N2CC[C@@H](OCC(=O)Nc3cc(C(=O)Nc4ccc5sc(C(=O)OC)cc5c4)n(C)c3)C[C@H]2C1OC1CCCCO1.COC(=O)c1cc2cc(NC(=O)c3cc(NC(=O)CO[C@@H]4CCN5C(=O)c6cc(C)c(C)cc6N=C[C@@H]5C4)cn3C)ccc2s1. The molecule has 9 heterocycles. The van der Waals surface area contributed by atoms with Crippen LogP contribution >= 0.6 is 22.7 Å². The zero-order valence-electron chi connectivity index (χ0n) is 58.3. The molecule has 8 aromatic rings. The number of piperidine rings is 2. The fraction of sp³-hybridized carbons (Fsp3) is 0.360. The molecule has 3 saturated heterocycles. The number of anilines is 5. The van der Waals surface area contributed by atoms with Gasteiger partial charge in [-0.05, 0) is 191 Å². The normalized spacial score (nSPS) is 19.1. The molecule has 4 aromatic carbocycles. The molecule has 4 aromatic heterocycles. The van der Waals surface area contributed by atoms with Crippen LogP contribution in [0.25, 0.3) is 20.2 Å². The smallest absolute Gasteiger partial charge is 0.416 e. The number of carbonyl (C=O) groups is 9. The predicted molar refractivity (Wildman–Crippen MR) is 390 cm³/mol. The van der Waals surface area contributed by atoms with Crippen LogP contribution in [0.2, 0.25) is 0 Å². The van der Waals surface area contributed by atoms with Gasteiger partial charge in [0, 0.05) is 73.2 Å². The first-order valence-electron chi connectivity index (χ1n) is 33.8. The lowest BCUT2D eigenvalue weighted by atomic mass is 9.97. The van der Waals surface area contributed by atoms with Gasteiger partial charge in [0.1, 0.15) is 41.0 Å². The summed E-state index contributed by atoms with van der Waals surface area (Å²) in [6.07, 6.45) is 7.92. The summed E-state index contributed by atoms with van der Waals surface area (Å²) < 4.78 is 44.9. The number of esters is 2. The highest BCUT2D eigenvalue weighted by Gasteiger charge is 2.49. The number of thiophene rings is 2. The Labute approximate surface area is 601 Å². The molecule has 4 N–H and O–H groups in total. The number of ether oxygens (including phenoxy) is 7. The van der Waals surface area contributed by atoms with Gasteiger partial charge in [-0.2, -0.15) is 0 Å². The van der Waals surface area contributed by atoms with E-state index in [0.717, 1.165) is 55.3 Å². The number of benzene rings is 4. The average Bonchev–Trinajstić information content (AvgIpc) is 1.84. The number of amides is 7. The highest BCUT2D eigenvalue weighted by molar-refractivity contribution is 7.21. The first kappa shape index (κ1) is 72.4. The van der Waals surface area contributed by atoms with E-state index in [0.29, 0.717) is 112 Å².